The highest BCUT2D eigenvalue weighted by Gasteiger charge is 2.55. The zero-order chi connectivity index (χ0) is 20.4. The van der Waals surface area contributed by atoms with Crippen molar-refractivity contribution >= 4 is 21.8 Å². The first kappa shape index (κ1) is 19.1. The molecule has 6 nitrogen and oxygen atoms in total. The van der Waals surface area contributed by atoms with E-state index in [0.29, 0.717) is 42.2 Å². The van der Waals surface area contributed by atoms with Gasteiger partial charge in [-0.1, -0.05) is 26.0 Å². The molecule has 0 aromatic carbocycles. The number of pyridine rings is 1. The van der Waals surface area contributed by atoms with Crippen molar-refractivity contribution in [1.82, 2.24) is 9.29 Å². The van der Waals surface area contributed by atoms with Gasteiger partial charge >= 0.3 is 0 Å². The lowest BCUT2D eigenvalue weighted by Crippen LogP contribution is -2.63. The van der Waals surface area contributed by atoms with Gasteiger partial charge in [0.1, 0.15) is 6.07 Å². The highest BCUT2D eigenvalue weighted by Crippen LogP contribution is 2.46. The van der Waals surface area contributed by atoms with Crippen LogP contribution < -0.4 is 4.90 Å². The normalized spacial score (nSPS) is 31.6. The van der Waals surface area contributed by atoms with E-state index in [1.54, 1.807) is 10.5 Å². The van der Waals surface area contributed by atoms with Crippen LogP contribution in [0.15, 0.2) is 12.3 Å². The van der Waals surface area contributed by atoms with Crippen molar-refractivity contribution in [2.24, 2.45) is 11.8 Å². The maximum Gasteiger partial charge on any atom is 0.214 e. The molecule has 154 valence electrons. The molecule has 0 bridgehead atoms. The van der Waals surface area contributed by atoms with Crippen molar-refractivity contribution in [2.75, 3.05) is 30.3 Å². The van der Waals surface area contributed by atoms with Crippen LogP contribution in [0.1, 0.15) is 62.3 Å². The van der Waals surface area contributed by atoms with Crippen molar-refractivity contribution < 1.29 is 8.42 Å². The van der Waals surface area contributed by atoms with E-state index in [1.807, 2.05) is 0 Å². The Morgan fingerprint density at radius 2 is 2.03 bits per heavy atom. The third-order valence-electron chi connectivity index (χ3n) is 7.46. The third-order valence-corrected chi connectivity index (χ3v) is 9.60. The summed E-state index contributed by atoms with van der Waals surface area (Å²) in [6.45, 7) is 6.44. The summed E-state index contributed by atoms with van der Waals surface area (Å²) in [5.74, 6) is 1.38. The quantitative estimate of drug-likeness (QED) is 0.759. The fraction of sp³-hybridized carbons (Fsp3) is 0.636. The SMILES string of the molecule is CC1C=Cc2c(ncc(C#N)c2N2CCC3(CCN3S(=O)(=O)CC3CC3)C2)C1C. The molecule has 3 fully saturated rings. The number of sulfonamides is 1. The molecule has 1 spiro atoms. The number of allylic oxidation sites excluding steroid dienone is 1. The first-order valence-electron chi connectivity index (χ1n) is 10.7. The topological polar surface area (TPSA) is 77.3 Å². The van der Waals surface area contributed by atoms with E-state index in [-0.39, 0.29) is 5.54 Å². The second kappa shape index (κ2) is 6.55. The van der Waals surface area contributed by atoms with Crippen LogP contribution in [-0.4, -0.2) is 48.6 Å². The fourth-order valence-electron chi connectivity index (χ4n) is 5.23. The first-order valence-corrected chi connectivity index (χ1v) is 12.3. The Morgan fingerprint density at radius 1 is 1.28 bits per heavy atom. The van der Waals surface area contributed by atoms with Crippen molar-refractivity contribution in [3.63, 3.8) is 0 Å². The van der Waals surface area contributed by atoms with Gasteiger partial charge in [0.2, 0.25) is 10.0 Å². The second-order valence-electron chi connectivity index (χ2n) is 9.38. The molecule has 0 amide bonds. The van der Waals surface area contributed by atoms with Gasteiger partial charge in [-0.3, -0.25) is 4.98 Å². The lowest BCUT2D eigenvalue weighted by atomic mass is 9.83. The van der Waals surface area contributed by atoms with Gasteiger partial charge < -0.3 is 4.90 Å². The summed E-state index contributed by atoms with van der Waals surface area (Å²) >= 11 is 0. The number of aromatic nitrogens is 1. The second-order valence-corrected chi connectivity index (χ2v) is 11.3. The van der Waals surface area contributed by atoms with E-state index in [2.05, 4.69) is 42.0 Å². The molecule has 0 radical (unpaired) electrons. The number of anilines is 1. The number of hydrogen-bond acceptors (Lipinski definition) is 5. The van der Waals surface area contributed by atoms with Crippen LogP contribution in [0.2, 0.25) is 0 Å². The zero-order valence-corrected chi connectivity index (χ0v) is 18.0. The molecule has 1 aromatic heterocycles. The molecule has 0 N–H and O–H groups in total. The Bertz CT molecular complexity index is 1020. The summed E-state index contributed by atoms with van der Waals surface area (Å²) in [5, 5.41) is 9.74. The summed E-state index contributed by atoms with van der Waals surface area (Å²) in [5.41, 5.74) is 3.31. The Hall–Kier alpha value is -1.91. The largest absolute Gasteiger partial charge is 0.368 e. The summed E-state index contributed by atoms with van der Waals surface area (Å²) in [4.78, 5) is 6.85. The summed E-state index contributed by atoms with van der Waals surface area (Å²) in [7, 11) is -3.19. The van der Waals surface area contributed by atoms with Gasteiger partial charge in [-0.25, -0.2) is 8.42 Å². The van der Waals surface area contributed by atoms with Gasteiger partial charge in [0.05, 0.1) is 28.2 Å². The lowest BCUT2D eigenvalue weighted by Gasteiger charge is -2.49. The van der Waals surface area contributed by atoms with Crippen LogP contribution in [0.25, 0.3) is 6.08 Å². The Labute approximate surface area is 173 Å². The minimum absolute atomic E-state index is 0.298. The minimum atomic E-state index is -3.19. The van der Waals surface area contributed by atoms with E-state index in [4.69, 9.17) is 0 Å². The van der Waals surface area contributed by atoms with Gasteiger partial charge in [-0.2, -0.15) is 9.57 Å². The number of rotatable bonds is 4. The molecular formula is C22H28N4O2S. The predicted molar refractivity (Wildman–Crippen MR) is 113 cm³/mol. The van der Waals surface area contributed by atoms with E-state index < -0.39 is 10.0 Å². The number of fused-ring (bicyclic) bond motifs is 1. The zero-order valence-electron chi connectivity index (χ0n) is 17.1. The highest BCUT2D eigenvalue weighted by atomic mass is 32.2. The van der Waals surface area contributed by atoms with Crippen LogP contribution in [0.3, 0.4) is 0 Å². The van der Waals surface area contributed by atoms with Crippen LogP contribution in [0.4, 0.5) is 5.69 Å². The first-order chi connectivity index (χ1) is 13.8. The average molecular weight is 413 g/mol. The van der Waals surface area contributed by atoms with E-state index in [0.717, 1.165) is 49.2 Å². The smallest absolute Gasteiger partial charge is 0.214 e. The molecule has 3 heterocycles. The molecule has 1 aromatic rings. The standard InChI is InChI=1S/C22H28N4O2S/c1-15-3-6-19-20(16(15)2)24-12-18(11-23)21(19)25-9-7-22(14-25)8-10-26(22)29(27,28)13-17-4-5-17/h3,6,12,15-17H,4-5,7-10,13-14H2,1-2H3. The third kappa shape index (κ3) is 3.00. The van der Waals surface area contributed by atoms with Gasteiger partial charge in [0.15, 0.2) is 0 Å². The maximum absolute atomic E-state index is 12.9. The van der Waals surface area contributed by atoms with Crippen LogP contribution in [0, 0.1) is 23.2 Å². The van der Waals surface area contributed by atoms with Crippen LogP contribution >= 0.6 is 0 Å². The Kier molecular flexibility index (Phi) is 4.31. The number of hydrogen-bond donors (Lipinski definition) is 0. The Balaban J connectivity index is 1.47. The van der Waals surface area contributed by atoms with Gasteiger partial charge in [-0.15, -0.1) is 0 Å². The van der Waals surface area contributed by atoms with Crippen molar-refractivity contribution in [2.45, 2.75) is 51.0 Å². The summed E-state index contributed by atoms with van der Waals surface area (Å²) in [6.07, 6.45) is 9.83. The average Bonchev–Trinajstić information content (AvgIpc) is 3.34. The molecular weight excluding hydrogens is 384 g/mol. The van der Waals surface area contributed by atoms with Crippen molar-refractivity contribution in [1.29, 1.82) is 5.26 Å². The predicted octanol–water partition coefficient (Wildman–Crippen LogP) is 3.11. The molecule has 5 rings (SSSR count). The number of nitriles is 1. The van der Waals surface area contributed by atoms with Crippen molar-refractivity contribution in [3.8, 4) is 6.07 Å². The van der Waals surface area contributed by atoms with Gasteiger partial charge in [0, 0.05) is 37.3 Å². The van der Waals surface area contributed by atoms with Gasteiger partial charge in [-0.05, 0) is 37.5 Å². The minimum Gasteiger partial charge on any atom is -0.368 e. The van der Waals surface area contributed by atoms with Crippen LogP contribution in [-0.2, 0) is 10.0 Å². The summed E-state index contributed by atoms with van der Waals surface area (Å²) < 4.78 is 27.6. The van der Waals surface area contributed by atoms with Gasteiger partial charge in [0.25, 0.3) is 0 Å². The molecule has 29 heavy (non-hydrogen) atoms. The monoisotopic (exact) mass is 412 g/mol. The van der Waals surface area contributed by atoms with E-state index >= 15 is 0 Å². The molecule has 2 saturated heterocycles. The molecule has 3 atom stereocenters. The molecule has 4 aliphatic rings. The molecule has 7 heteroatoms. The van der Waals surface area contributed by atoms with Crippen molar-refractivity contribution in [3.05, 3.63) is 29.1 Å². The van der Waals surface area contributed by atoms with Crippen LogP contribution in [0.5, 0.6) is 0 Å². The molecule has 3 unspecified atom stereocenters. The van der Waals surface area contributed by atoms with E-state index in [1.165, 1.54) is 0 Å². The number of nitrogens with zero attached hydrogens (tertiary/aromatic N) is 4. The summed E-state index contributed by atoms with van der Waals surface area (Å²) in [6, 6.07) is 2.32. The fourth-order valence-corrected chi connectivity index (χ4v) is 7.53. The Morgan fingerprint density at radius 3 is 2.69 bits per heavy atom. The maximum atomic E-state index is 12.9. The molecule has 1 saturated carbocycles. The van der Waals surface area contributed by atoms with E-state index in [9.17, 15) is 13.7 Å². The molecule has 2 aliphatic carbocycles. The lowest BCUT2D eigenvalue weighted by molar-refractivity contribution is 0.0933. The molecule has 2 aliphatic heterocycles. The highest BCUT2D eigenvalue weighted by molar-refractivity contribution is 7.89.